The zero-order valence-electron chi connectivity index (χ0n) is 11.1. The van der Waals surface area contributed by atoms with Crippen LogP contribution in [0, 0.1) is 17.5 Å². The summed E-state index contributed by atoms with van der Waals surface area (Å²) in [5.74, 6) is -2.89. The maximum absolute atomic E-state index is 13.6. The van der Waals surface area contributed by atoms with Crippen molar-refractivity contribution in [1.82, 2.24) is 9.97 Å². The number of nitrogens with two attached hydrogens (primary N) is 1. The van der Waals surface area contributed by atoms with E-state index < -0.39 is 17.5 Å². The SMILES string of the molecule is CCOc1c(F)cc(F)cc1COc1ncc(F)c(N)n1. The third-order valence-electron chi connectivity index (χ3n) is 2.48. The Kier molecular flexibility index (Phi) is 4.46. The lowest BCUT2D eigenvalue weighted by Gasteiger charge is -2.12. The standard InChI is InChI=1S/C13H12F3N3O2/c1-2-20-11-7(3-8(14)4-9(11)15)6-21-13-18-5-10(16)12(17)19-13/h3-5H,2,6H2,1H3,(H2,17,18,19). The van der Waals surface area contributed by atoms with Crippen LogP contribution in [0.5, 0.6) is 11.8 Å². The molecule has 112 valence electrons. The molecule has 0 bridgehead atoms. The minimum atomic E-state index is -0.838. The average Bonchev–Trinajstić information content (AvgIpc) is 2.43. The highest BCUT2D eigenvalue weighted by molar-refractivity contribution is 5.35. The molecule has 0 saturated carbocycles. The topological polar surface area (TPSA) is 70.3 Å². The van der Waals surface area contributed by atoms with Gasteiger partial charge >= 0.3 is 6.01 Å². The van der Waals surface area contributed by atoms with Gasteiger partial charge in [0.25, 0.3) is 0 Å². The Morgan fingerprint density at radius 2 is 1.90 bits per heavy atom. The molecule has 0 spiro atoms. The molecule has 0 aliphatic rings. The lowest BCUT2D eigenvalue weighted by atomic mass is 10.2. The Balaban J connectivity index is 2.20. The van der Waals surface area contributed by atoms with Crippen molar-refractivity contribution >= 4 is 5.82 Å². The van der Waals surface area contributed by atoms with Crippen LogP contribution in [0.15, 0.2) is 18.3 Å². The van der Waals surface area contributed by atoms with Crippen molar-refractivity contribution in [3.63, 3.8) is 0 Å². The van der Waals surface area contributed by atoms with Crippen LogP contribution in [0.3, 0.4) is 0 Å². The van der Waals surface area contributed by atoms with Gasteiger partial charge in [0.2, 0.25) is 0 Å². The molecule has 1 aromatic carbocycles. The van der Waals surface area contributed by atoms with Gasteiger partial charge in [0.15, 0.2) is 23.2 Å². The summed E-state index contributed by atoms with van der Waals surface area (Å²) in [5, 5.41) is 0. The van der Waals surface area contributed by atoms with E-state index in [1.165, 1.54) is 0 Å². The quantitative estimate of drug-likeness (QED) is 0.918. The van der Waals surface area contributed by atoms with Crippen LogP contribution in [-0.4, -0.2) is 16.6 Å². The molecular weight excluding hydrogens is 287 g/mol. The van der Waals surface area contributed by atoms with Crippen LogP contribution in [0.2, 0.25) is 0 Å². The first-order chi connectivity index (χ1) is 10.0. The van der Waals surface area contributed by atoms with Crippen LogP contribution in [0.4, 0.5) is 19.0 Å². The average molecular weight is 299 g/mol. The lowest BCUT2D eigenvalue weighted by molar-refractivity contribution is 0.261. The van der Waals surface area contributed by atoms with Crippen molar-refractivity contribution in [2.24, 2.45) is 0 Å². The summed E-state index contributed by atoms with van der Waals surface area (Å²) in [6, 6.07) is 1.57. The van der Waals surface area contributed by atoms with Gasteiger partial charge in [-0.2, -0.15) is 4.98 Å². The number of hydrogen-bond donors (Lipinski definition) is 1. The van der Waals surface area contributed by atoms with Crippen LogP contribution >= 0.6 is 0 Å². The highest BCUT2D eigenvalue weighted by atomic mass is 19.1. The van der Waals surface area contributed by atoms with E-state index in [9.17, 15) is 13.2 Å². The molecule has 5 nitrogen and oxygen atoms in total. The van der Waals surface area contributed by atoms with E-state index in [-0.39, 0.29) is 36.4 Å². The zero-order chi connectivity index (χ0) is 15.4. The van der Waals surface area contributed by atoms with Gasteiger partial charge in [0.1, 0.15) is 12.4 Å². The smallest absolute Gasteiger partial charge is 0.318 e. The van der Waals surface area contributed by atoms with Gasteiger partial charge in [-0.15, -0.1) is 0 Å². The van der Waals surface area contributed by atoms with E-state index >= 15 is 0 Å². The second-order valence-corrected chi connectivity index (χ2v) is 3.98. The summed E-state index contributed by atoms with van der Waals surface area (Å²) in [4.78, 5) is 7.11. The van der Waals surface area contributed by atoms with Gasteiger partial charge in [-0.05, 0) is 13.0 Å². The molecule has 0 saturated heterocycles. The van der Waals surface area contributed by atoms with Gasteiger partial charge in [0, 0.05) is 11.6 Å². The minimum Gasteiger partial charge on any atom is -0.490 e. The van der Waals surface area contributed by atoms with Gasteiger partial charge in [0.05, 0.1) is 12.8 Å². The monoisotopic (exact) mass is 299 g/mol. The van der Waals surface area contributed by atoms with Crippen molar-refractivity contribution < 1.29 is 22.6 Å². The fourth-order valence-electron chi connectivity index (χ4n) is 1.60. The molecule has 0 atom stereocenters. The summed E-state index contributed by atoms with van der Waals surface area (Å²) >= 11 is 0. The predicted molar refractivity (Wildman–Crippen MR) is 68.3 cm³/mol. The van der Waals surface area contributed by atoms with E-state index in [0.29, 0.717) is 6.07 Å². The van der Waals surface area contributed by atoms with Gasteiger partial charge in [-0.25, -0.2) is 18.2 Å². The molecule has 0 amide bonds. The molecule has 1 heterocycles. The Labute approximate surface area is 118 Å². The highest BCUT2D eigenvalue weighted by Gasteiger charge is 2.14. The van der Waals surface area contributed by atoms with Crippen LogP contribution < -0.4 is 15.2 Å². The normalized spacial score (nSPS) is 10.5. The third-order valence-corrected chi connectivity index (χ3v) is 2.48. The number of halogens is 3. The Bertz CT molecular complexity index is 653. The lowest BCUT2D eigenvalue weighted by Crippen LogP contribution is -2.06. The number of hydrogen-bond acceptors (Lipinski definition) is 5. The molecular formula is C13H12F3N3O2. The second-order valence-electron chi connectivity index (χ2n) is 3.98. The molecule has 2 N–H and O–H groups in total. The Hall–Kier alpha value is -2.51. The summed E-state index contributed by atoms with van der Waals surface area (Å²) in [7, 11) is 0. The number of aromatic nitrogens is 2. The molecule has 0 aliphatic heterocycles. The number of ether oxygens (including phenoxy) is 2. The van der Waals surface area contributed by atoms with E-state index in [1.54, 1.807) is 6.92 Å². The molecule has 2 aromatic rings. The van der Waals surface area contributed by atoms with Gasteiger partial charge in [-0.1, -0.05) is 0 Å². The molecule has 2 rings (SSSR count). The van der Waals surface area contributed by atoms with Crippen molar-refractivity contribution in [1.29, 1.82) is 0 Å². The first-order valence-electron chi connectivity index (χ1n) is 6.02. The van der Waals surface area contributed by atoms with Gasteiger partial charge < -0.3 is 15.2 Å². The molecule has 0 fully saturated rings. The van der Waals surface area contributed by atoms with Crippen molar-refractivity contribution in [2.75, 3.05) is 12.3 Å². The first-order valence-corrected chi connectivity index (χ1v) is 6.02. The van der Waals surface area contributed by atoms with E-state index in [2.05, 4.69) is 9.97 Å². The van der Waals surface area contributed by atoms with Crippen LogP contribution in [0.1, 0.15) is 12.5 Å². The van der Waals surface area contributed by atoms with Gasteiger partial charge in [-0.3, -0.25) is 0 Å². The largest absolute Gasteiger partial charge is 0.490 e. The van der Waals surface area contributed by atoms with Crippen LogP contribution in [-0.2, 0) is 6.61 Å². The number of anilines is 1. The van der Waals surface area contributed by atoms with E-state index in [1.807, 2.05) is 0 Å². The van der Waals surface area contributed by atoms with Crippen molar-refractivity contribution in [3.8, 4) is 11.8 Å². The maximum atomic E-state index is 13.6. The van der Waals surface area contributed by atoms with E-state index in [4.69, 9.17) is 15.2 Å². The predicted octanol–water partition coefficient (Wildman–Crippen LogP) is 2.45. The summed E-state index contributed by atoms with van der Waals surface area (Å²) in [6.45, 7) is 1.61. The first kappa shape index (κ1) is 14.9. The Morgan fingerprint density at radius 3 is 2.57 bits per heavy atom. The van der Waals surface area contributed by atoms with Crippen LogP contribution in [0.25, 0.3) is 0 Å². The van der Waals surface area contributed by atoms with Crippen molar-refractivity contribution in [3.05, 3.63) is 41.3 Å². The maximum Gasteiger partial charge on any atom is 0.318 e. The fourth-order valence-corrected chi connectivity index (χ4v) is 1.60. The molecule has 1 aromatic heterocycles. The number of nitrogen functional groups attached to an aromatic ring is 1. The Morgan fingerprint density at radius 1 is 1.14 bits per heavy atom. The summed E-state index contributed by atoms with van der Waals surface area (Å²) in [6.07, 6.45) is 0.841. The molecule has 0 aliphatic carbocycles. The summed E-state index contributed by atoms with van der Waals surface area (Å²) < 4.78 is 50.0. The number of nitrogens with zero attached hydrogens (tertiary/aromatic N) is 2. The summed E-state index contributed by atoms with van der Waals surface area (Å²) in [5.41, 5.74) is 5.40. The number of benzene rings is 1. The van der Waals surface area contributed by atoms with E-state index in [0.717, 1.165) is 12.3 Å². The highest BCUT2D eigenvalue weighted by Crippen LogP contribution is 2.25. The molecule has 0 unspecified atom stereocenters. The zero-order valence-corrected chi connectivity index (χ0v) is 11.1. The molecule has 8 heteroatoms. The number of rotatable bonds is 5. The van der Waals surface area contributed by atoms with Crippen molar-refractivity contribution in [2.45, 2.75) is 13.5 Å². The molecule has 0 radical (unpaired) electrons. The molecule has 21 heavy (non-hydrogen) atoms. The second kappa shape index (κ2) is 6.29. The minimum absolute atomic E-state index is 0.117. The fraction of sp³-hybridized carbons (Fsp3) is 0.231. The third kappa shape index (κ3) is 3.53.